The zero-order chi connectivity index (χ0) is 15.9. The Morgan fingerprint density at radius 1 is 1.36 bits per heavy atom. The molecule has 0 radical (unpaired) electrons. The predicted molar refractivity (Wildman–Crippen MR) is 83.1 cm³/mol. The van der Waals surface area contributed by atoms with Crippen LogP contribution in [0.2, 0.25) is 0 Å². The smallest absolute Gasteiger partial charge is 0.191 e. The Hall–Kier alpha value is -1.69. The van der Waals surface area contributed by atoms with Crippen molar-refractivity contribution < 1.29 is 13.5 Å². The van der Waals surface area contributed by atoms with Crippen LogP contribution in [0.1, 0.15) is 31.2 Å². The van der Waals surface area contributed by atoms with Gasteiger partial charge in [-0.15, -0.1) is 0 Å². The summed E-state index contributed by atoms with van der Waals surface area (Å²) in [6, 6.07) is 4.02. The van der Waals surface area contributed by atoms with Gasteiger partial charge in [0.1, 0.15) is 11.6 Å². The van der Waals surface area contributed by atoms with Crippen LogP contribution < -0.4 is 10.6 Å². The molecule has 4 nitrogen and oxygen atoms in total. The lowest BCUT2D eigenvalue weighted by atomic mass is 10.1. The summed E-state index contributed by atoms with van der Waals surface area (Å²) in [6.07, 6.45) is 1.55. The van der Waals surface area contributed by atoms with Crippen LogP contribution in [-0.4, -0.2) is 38.8 Å². The second-order valence-electron chi connectivity index (χ2n) is 5.34. The summed E-state index contributed by atoms with van der Waals surface area (Å²) in [5.74, 6) is -0.403. The zero-order valence-corrected chi connectivity index (χ0v) is 13.0. The largest absolute Gasteiger partial charge is 0.385 e. The van der Waals surface area contributed by atoms with Crippen molar-refractivity contribution in [1.82, 2.24) is 10.6 Å². The summed E-state index contributed by atoms with van der Waals surface area (Å²) in [7, 11) is 1.66. The average molecular weight is 311 g/mol. The first-order valence-corrected chi connectivity index (χ1v) is 7.65. The Bertz CT molecular complexity index is 502. The molecule has 1 aromatic carbocycles. The molecule has 2 atom stereocenters. The first-order chi connectivity index (χ1) is 10.7. The molecule has 1 saturated carbocycles. The number of nitrogens with one attached hydrogen (secondary N) is 2. The van der Waals surface area contributed by atoms with E-state index in [9.17, 15) is 8.78 Å². The highest BCUT2D eigenvalue weighted by atomic mass is 19.1. The molecule has 6 heteroatoms. The van der Waals surface area contributed by atoms with E-state index in [-0.39, 0.29) is 17.5 Å². The Morgan fingerprint density at radius 3 is 2.73 bits per heavy atom. The van der Waals surface area contributed by atoms with E-state index in [1.165, 1.54) is 18.2 Å². The fourth-order valence-electron chi connectivity index (χ4n) is 2.43. The molecule has 0 aromatic heterocycles. The maximum Gasteiger partial charge on any atom is 0.191 e. The molecule has 2 rings (SSSR count). The number of aliphatic imine (C=N–C) groups is 1. The van der Waals surface area contributed by atoms with Crippen molar-refractivity contribution in [3.05, 3.63) is 35.4 Å². The minimum absolute atomic E-state index is 0.0200. The van der Waals surface area contributed by atoms with Crippen molar-refractivity contribution in [2.45, 2.75) is 31.7 Å². The zero-order valence-electron chi connectivity index (χ0n) is 13.0. The molecule has 2 N–H and O–H groups in total. The minimum atomic E-state index is -0.476. The highest BCUT2D eigenvalue weighted by molar-refractivity contribution is 5.80. The fourth-order valence-corrected chi connectivity index (χ4v) is 2.43. The molecule has 0 heterocycles. The van der Waals surface area contributed by atoms with Crippen LogP contribution in [0.25, 0.3) is 0 Å². The lowest BCUT2D eigenvalue weighted by Crippen LogP contribution is -2.39. The number of hydrogen-bond donors (Lipinski definition) is 2. The van der Waals surface area contributed by atoms with Gasteiger partial charge in [0.05, 0.1) is 0 Å². The Labute approximate surface area is 130 Å². The minimum Gasteiger partial charge on any atom is -0.385 e. The van der Waals surface area contributed by atoms with E-state index < -0.39 is 11.6 Å². The molecule has 22 heavy (non-hydrogen) atoms. The molecule has 0 aliphatic heterocycles. The summed E-state index contributed by atoms with van der Waals surface area (Å²) in [6.45, 7) is 4.03. The van der Waals surface area contributed by atoms with E-state index in [0.29, 0.717) is 25.5 Å². The van der Waals surface area contributed by atoms with Crippen LogP contribution in [0.15, 0.2) is 23.2 Å². The van der Waals surface area contributed by atoms with Gasteiger partial charge in [-0.3, -0.25) is 4.99 Å². The van der Waals surface area contributed by atoms with Crippen LogP contribution in [0.5, 0.6) is 0 Å². The Kier molecular flexibility index (Phi) is 6.12. The molecular weight excluding hydrogens is 288 g/mol. The second kappa shape index (κ2) is 8.08. The first-order valence-electron chi connectivity index (χ1n) is 7.65. The fraction of sp³-hybridized carbons (Fsp3) is 0.562. The van der Waals surface area contributed by atoms with Crippen molar-refractivity contribution >= 4 is 5.96 Å². The third-order valence-electron chi connectivity index (χ3n) is 3.60. The quantitative estimate of drug-likeness (QED) is 0.462. The average Bonchev–Trinajstić information content (AvgIpc) is 3.22. The number of nitrogens with zero attached hydrogens (tertiary/aromatic N) is 1. The predicted octanol–water partition coefficient (Wildman–Crippen LogP) is 2.41. The van der Waals surface area contributed by atoms with Gasteiger partial charge < -0.3 is 15.4 Å². The number of halogens is 2. The van der Waals surface area contributed by atoms with E-state index in [1.807, 2.05) is 6.92 Å². The molecule has 1 fully saturated rings. The van der Waals surface area contributed by atoms with Crippen LogP contribution in [0, 0.1) is 11.6 Å². The van der Waals surface area contributed by atoms with Crippen molar-refractivity contribution in [2.75, 3.05) is 26.8 Å². The highest BCUT2D eigenvalue weighted by Crippen LogP contribution is 2.42. The normalized spacial score (nSPS) is 20.8. The number of ether oxygens (including phenoxy) is 1. The van der Waals surface area contributed by atoms with Gasteiger partial charge in [-0.25, -0.2) is 8.78 Å². The van der Waals surface area contributed by atoms with Gasteiger partial charge in [-0.1, -0.05) is 6.07 Å². The summed E-state index contributed by atoms with van der Waals surface area (Å²) in [4.78, 5) is 4.43. The Morgan fingerprint density at radius 2 is 2.09 bits per heavy atom. The molecule has 0 spiro atoms. The van der Waals surface area contributed by atoms with Gasteiger partial charge in [0.2, 0.25) is 0 Å². The van der Waals surface area contributed by atoms with Crippen molar-refractivity contribution in [1.29, 1.82) is 0 Å². The van der Waals surface area contributed by atoms with Crippen LogP contribution in [0.3, 0.4) is 0 Å². The molecule has 122 valence electrons. The van der Waals surface area contributed by atoms with Gasteiger partial charge in [-0.2, -0.15) is 0 Å². The highest BCUT2D eigenvalue weighted by Gasteiger charge is 2.42. The van der Waals surface area contributed by atoms with Crippen molar-refractivity contribution in [3.63, 3.8) is 0 Å². The lowest BCUT2D eigenvalue weighted by Gasteiger charge is -2.11. The number of methoxy groups -OCH3 is 1. The maximum atomic E-state index is 13.8. The number of benzene rings is 1. The number of guanidine groups is 1. The van der Waals surface area contributed by atoms with E-state index in [0.717, 1.165) is 13.0 Å². The molecule has 2 unspecified atom stereocenters. The monoisotopic (exact) mass is 311 g/mol. The van der Waals surface area contributed by atoms with Gasteiger partial charge in [0, 0.05) is 44.3 Å². The summed E-state index contributed by atoms with van der Waals surface area (Å²) in [5.41, 5.74) is 0.176. The molecule has 0 bridgehead atoms. The lowest BCUT2D eigenvalue weighted by molar-refractivity contribution is 0.197. The number of hydrogen-bond acceptors (Lipinski definition) is 2. The van der Waals surface area contributed by atoms with Crippen LogP contribution in [0.4, 0.5) is 8.78 Å². The summed E-state index contributed by atoms with van der Waals surface area (Å²) < 4.78 is 32.5. The first kappa shape index (κ1) is 16.7. The van der Waals surface area contributed by atoms with E-state index >= 15 is 0 Å². The van der Waals surface area contributed by atoms with Crippen molar-refractivity contribution in [3.8, 4) is 0 Å². The van der Waals surface area contributed by atoms with E-state index in [4.69, 9.17) is 4.74 Å². The van der Waals surface area contributed by atoms with Crippen molar-refractivity contribution in [2.24, 2.45) is 4.99 Å². The third-order valence-corrected chi connectivity index (χ3v) is 3.60. The molecular formula is C16H23F2N3O. The molecule has 1 aromatic rings. The van der Waals surface area contributed by atoms with Gasteiger partial charge in [0.15, 0.2) is 5.96 Å². The van der Waals surface area contributed by atoms with Crippen LogP contribution >= 0.6 is 0 Å². The second-order valence-corrected chi connectivity index (χ2v) is 5.34. The number of rotatable bonds is 7. The Balaban J connectivity index is 1.93. The van der Waals surface area contributed by atoms with Gasteiger partial charge >= 0.3 is 0 Å². The summed E-state index contributed by atoms with van der Waals surface area (Å²) >= 11 is 0. The van der Waals surface area contributed by atoms with E-state index in [1.54, 1.807) is 7.11 Å². The molecule has 0 saturated heterocycles. The molecule has 1 aliphatic rings. The topological polar surface area (TPSA) is 45.7 Å². The van der Waals surface area contributed by atoms with Gasteiger partial charge in [0.25, 0.3) is 0 Å². The van der Waals surface area contributed by atoms with Crippen LogP contribution in [-0.2, 0) is 4.74 Å². The standard InChI is InChI=1S/C16H23F2N3O/c1-3-19-16(20-8-5-9-22-2)21-14-10-11(14)15-12(17)6-4-7-13(15)18/h4,6-7,11,14H,3,5,8-10H2,1-2H3,(H2,19,20,21). The summed E-state index contributed by atoms with van der Waals surface area (Å²) in [5, 5.41) is 6.38. The third kappa shape index (κ3) is 4.40. The molecule has 0 amide bonds. The maximum absolute atomic E-state index is 13.8. The molecule has 1 aliphatic carbocycles. The SMILES string of the molecule is CCNC(=NCCCOC)NC1CC1c1c(F)cccc1F. The van der Waals surface area contributed by atoms with E-state index in [2.05, 4.69) is 15.6 Å². The van der Waals surface area contributed by atoms with Gasteiger partial charge in [-0.05, 0) is 31.9 Å².